The molecule has 0 heterocycles. The minimum absolute atomic E-state index is 0.0299. The lowest BCUT2D eigenvalue weighted by atomic mass is 10.3. The molecule has 12 heavy (non-hydrogen) atoms. The number of rotatable bonds is 2. The first-order valence-corrected chi connectivity index (χ1v) is 3.68. The van der Waals surface area contributed by atoms with Gasteiger partial charge in [0.2, 0.25) is 0 Å². The van der Waals surface area contributed by atoms with Crippen LogP contribution in [0.4, 0.5) is 5.69 Å². The van der Waals surface area contributed by atoms with E-state index in [1.54, 1.807) is 18.2 Å². The maximum absolute atomic E-state index is 5.21. The summed E-state index contributed by atoms with van der Waals surface area (Å²) in [6, 6.07) is 7.10. The normalized spacial score (nSPS) is 9.08. The average molecular weight is 183 g/mol. The first kappa shape index (κ1) is 8.76. The molecule has 0 spiro atoms. The van der Waals surface area contributed by atoms with E-state index >= 15 is 0 Å². The van der Waals surface area contributed by atoms with Crippen LogP contribution in [0.15, 0.2) is 24.3 Å². The van der Waals surface area contributed by atoms with Gasteiger partial charge in [0.1, 0.15) is 0 Å². The molecule has 64 valence electrons. The Morgan fingerprint density at radius 1 is 1.42 bits per heavy atom. The van der Waals surface area contributed by atoms with Gasteiger partial charge >= 0.3 is 0 Å². The van der Waals surface area contributed by atoms with Gasteiger partial charge in [-0.3, -0.25) is 5.84 Å². The van der Waals surface area contributed by atoms with Gasteiger partial charge in [0.15, 0.2) is 5.75 Å². The molecule has 0 aliphatic rings. The molecule has 5 heteroatoms. The molecular weight excluding hydrogens is 174 g/mol. The minimum Gasteiger partial charge on any atom is -0.430 e. The zero-order chi connectivity index (χ0) is 8.97. The van der Waals surface area contributed by atoms with E-state index in [9.17, 15) is 0 Å². The lowest BCUT2D eigenvalue weighted by Crippen LogP contribution is -2.17. The molecule has 0 aromatic heterocycles. The van der Waals surface area contributed by atoms with Crippen LogP contribution >= 0.6 is 12.2 Å². The van der Waals surface area contributed by atoms with E-state index in [0.717, 1.165) is 0 Å². The second kappa shape index (κ2) is 3.89. The fourth-order valence-corrected chi connectivity index (χ4v) is 0.873. The Bertz CT molecular complexity index is 290. The quantitative estimate of drug-likeness (QED) is 0.355. The van der Waals surface area contributed by atoms with Crippen molar-refractivity contribution in [2.24, 2.45) is 11.6 Å². The molecule has 5 N–H and O–H groups in total. The summed E-state index contributed by atoms with van der Waals surface area (Å²) in [5.41, 5.74) is 8.29. The fraction of sp³-hybridized carbons (Fsp3) is 0. The van der Waals surface area contributed by atoms with E-state index in [4.69, 9.17) is 16.3 Å². The number of nitrogens with two attached hydrogens (primary N) is 2. The predicted octanol–water partition coefficient (Wildman–Crippen LogP) is 0.595. The molecule has 4 nitrogen and oxygen atoms in total. The SMILES string of the molecule is NNc1ccccc1OC(N)=S. The molecule has 0 bridgehead atoms. The lowest BCUT2D eigenvalue weighted by Gasteiger charge is -2.07. The largest absolute Gasteiger partial charge is 0.430 e. The van der Waals surface area contributed by atoms with Gasteiger partial charge in [-0.15, -0.1) is 0 Å². The molecular formula is C7H9N3OS. The van der Waals surface area contributed by atoms with Crippen molar-refractivity contribution in [1.29, 1.82) is 0 Å². The number of hydrogen-bond donors (Lipinski definition) is 3. The molecule has 0 radical (unpaired) electrons. The summed E-state index contributed by atoms with van der Waals surface area (Å²) in [6.45, 7) is 0. The van der Waals surface area contributed by atoms with Gasteiger partial charge in [-0.2, -0.15) is 0 Å². The van der Waals surface area contributed by atoms with Crippen LogP contribution in [-0.4, -0.2) is 5.17 Å². The molecule has 1 aromatic rings. The molecule has 0 unspecified atom stereocenters. The predicted molar refractivity (Wildman–Crippen MR) is 51.7 cm³/mol. The van der Waals surface area contributed by atoms with Crippen LogP contribution in [0.25, 0.3) is 0 Å². The highest BCUT2D eigenvalue weighted by Crippen LogP contribution is 2.21. The summed E-state index contributed by atoms with van der Waals surface area (Å²) < 4.78 is 5.00. The van der Waals surface area contributed by atoms with Gasteiger partial charge in [0.05, 0.1) is 5.69 Å². The number of benzene rings is 1. The molecule has 0 amide bonds. The van der Waals surface area contributed by atoms with Gasteiger partial charge in [-0.05, 0) is 24.4 Å². The van der Waals surface area contributed by atoms with Gasteiger partial charge in [0, 0.05) is 0 Å². The van der Waals surface area contributed by atoms with Crippen molar-refractivity contribution in [2.75, 3.05) is 5.43 Å². The van der Waals surface area contributed by atoms with Crippen molar-refractivity contribution in [3.8, 4) is 5.75 Å². The zero-order valence-electron chi connectivity index (χ0n) is 6.28. The maximum atomic E-state index is 5.21. The highest BCUT2D eigenvalue weighted by Gasteiger charge is 2.00. The highest BCUT2D eigenvalue weighted by molar-refractivity contribution is 7.80. The van der Waals surface area contributed by atoms with Gasteiger partial charge < -0.3 is 15.9 Å². The second-order valence-electron chi connectivity index (χ2n) is 2.06. The summed E-state index contributed by atoms with van der Waals surface area (Å²) in [5.74, 6) is 5.73. The Morgan fingerprint density at radius 3 is 2.67 bits per heavy atom. The van der Waals surface area contributed by atoms with Crippen LogP contribution in [-0.2, 0) is 0 Å². The number of ether oxygens (including phenoxy) is 1. The topological polar surface area (TPSA) is 73.3 Å². The van der Waals surface area contributed by atoms with Crippen LogP contribution < -0.4 is 21.7 Å². The lowest BCUT2D eigenvalue weighted by molar-refractivity contribution is 0.559. The van der Waals surface area contributed by atoms with Crippen molar-refractivity contribution < 1.29 is 4.74 Å². The monoisotopic (exact) mass is 183 g/mol. The summed E-state index contributed by atoms with van der Waals surface area (Å²) in [6.07, 6.45) is 0. The van der Waals surface area contributed by atoms with E-state index in [-0.39, 0.29) is 5.17 Å². The van der Waals surface area contributed by atoms with Crippen LogP contribution in [0.2, 0.25) is 0 Å². The third kappa shape index (κ3) is 2.08. The van der Waals surface area contributed by atoms with E-state index in [2.05, 4.69) is 17.6 Å². The van der Waals surface area contributed by atoms with Gasteiger partial charge in [-0.25, -0.2) is 0 Å². The Balaban J connectivity index is 2.89. The van der Waals surface area contributed by atoms with Crippen molar-refractivity contribution in [3.63, 3.8) is 0 Å². The molecule has 0 aliphatic heterocycles. The number of hydrazine groups is 1. The first-order chi connectivity index (χ1) is 5.74. The summed E-state index contributed by atoms with van der Waals surface area (Å²) >= 11 is 4.57. The van der Waals surface area contributed by atoms with E-state index in [1.807, 2.05) is 6.07 Å². The number of nitrogen functional groups attached to an aromatic ring is 1. The fourth-order valence-electron chi connectivity index (χ4n) is 0.783. The molecule has 0 fully saturated rings. The number of thiocarbonyl (C=S) groups is 1. The van der Waals surface area contributed by atoms with Crippen LogP contribution in [0.5, 0.6) is 5.75 Å². The summed E-state index contributed by atoms with van der Waals surface area (Å²) in [4.78, 5) is 0. The Labute approximate surface area is 75.5 Å². The summed E-state index contributed by atoms with van der Waals surface area (Å²) in [7, 11) is 0. The molecule has 0 atom stereocenters. The second-order valence-corrected chi connectivity index (χ2v) is 2.46. The smallest absolute Gasteiger partial charge is 0.259 e. The Morgan fingerprint density at radius 2 is 2.08 bits per heavy atom. The van der Waals surface area contributed by atoms with Crippen LogP contribution in [0.3, 0.4) is 0 Å². The zero-order valence-corrected chi connectivity index (χ0v) is 7.10. The molecule has 0 aliphatic carbocycles. The van der Waals surface area contributed by atoms with Crippen LogP contribution in [0.1, 0.15) is 0 Å². The minimum atomic E-state index is -0.0299. The number of para-hydroxylation sites is 2. The van der Waals surface area contributed by atoms with Crippen molar-refractivity contribution >= 4 is 23.1 Å². The Hall–Kier alpha value is -1.33. The van der Waals surface area contributed by atoms with E-state index in [0.29, 0.717) is 11.4 Å². The summed E-state index contributed by atoms with van der Waals surface area (Å²) in [5, 5.41) is -0.0299. The number of anilines is 1. The van der Waals surface area contributed by atoms with E-state index < -0.39 is 0 Å². The molecule has 1 rings (SSSR count). The van der Waals surface area contributed by atoms with Gasteiger partial charge in [0.25, 0.3) is 5.17 Å². The first-order valence-electron chi connectivity index (χ1n) is 3.27. The third-order valence-corrected chi connectivity index (χ3v) is 1.34. The van der Waals surface area contributed by atoms with Crippen molar-refractivity contribution in [3.05, 3.63) is 24.3 Å². The molecule has 1 aromatic carbocycles. The van der Waals surface area contributed by atoms with Crippen molar-refractivity contribution in [2.45, 2.75) is 0 Å². The number of nitrogens with one attached hydrogen (secondary N) is 1. The molecule has 0 saturated carbocycles. The van der Waals surface area contributed by atoms with Gasteiger partial charge in [-0.1, -0.05) is 12.1 Å². The number of hydrogen-bond acceptors (Lipinski definition) is 4. The van der Waals surface area contributed by atoms with Crippen molar-refractivity contribution in [1.82, 2.24) is 0 Å². The van der Waals surface area contributed by atoms with E-state index in [1.165, 1.54) is 0 Å². The average Bonchev–Trinajstić information content (AvgIpc) is 2.04. The third-order valence-electron chi connectivity index (χ3n) is 1.25. The standard InChI is InChI=1S/C7H9N3OS/c8-7(12)11-6-4-2-1-3-5(6)10-9/h1-4,10H,9H2,(H2,8,12). The Kier molecular flexibility index (Phi) is 2.84. The maximum Gasteiger partial charge on any atom is 0.259 e. The molecule has 0 saturated heterocycles. The van der Waals surface area contributed by atoms with Crippen LogP contribution in [0, 0.1) is 0 Å². The highest BCUT2D eigenvalue weighted by atomic mass is 32.1.